The second-order valence-corrected chi connectivity index (χ2v) is 7.73. The number of amides is 1. The number of anilines is 1. The van der Waals surface area contributed by atoms with Crippen molar-refractivity contribution in [1.82, 2.24) is 14.8 Å². The molecule has 4 rings (SSSR count). The van der Waals surface area contributed by atoms with Gasteiger partial charge in [-0.05, 0) is 31.2 Å². The first-order chi connectivity index (χ1) is 15.9. The van der Waals surface area contributed by atoms with Gasteiger partial charge in [0, 0.05) is 23.1 Å². The van der Waals surface area contributed by atoms with Gasteiger partial charge in [0.1, 0.15) is 11.4 Å². The van der Waals surface area contributed by atoms with Gasteiger partial charge in [-0.25, -0.2) is 4.98 Å². The average molecular weight is 465 g/mol. The van der Waals surface area contributed by atoms with Crippen molar-refractivity contribution >= 4 is 28.7 Å². The number of nitro groups is 1. The Labute approximate surface area is 192 Å². The summed E-state index contributed by atoms with van der Waals surface area (Å²) in [4.78, 5) is 28.1. The maximum atomic E-state index is 12.8. The molecule has 4 aromatic rings. The Morgan fingerprint density at radius 1 is 1.12 bits per heavy atom. The lowest BCUT2D eigenvalue weighted by molar-refractivity contribution is -0.385. The van der Waals surface area contributed by atoms with Crippen molar-refractivity contribution in [3.05, 3.63) is 75.3 Å². The minimum atomic E-state index is -0.611. The molecule has 0 spiro atoms. The Kier molecular flexibility index (Phi) is 6.05. The van der Waals surface area contributed by atoms with Crippen LogP contribution in [0.25, 0.3) is 16.4 Å². The highest BCUT2D eigenvalue weighted by atomic mass is 32.1. The number of carbonyl (C=O) groups is 1. The van der Waals surface area contributed by atoms with Crippen molar-refractivity contribution in [2.24, 2.45) is 0 Å². The fourth-order valence-electron chi connectivity index (χ4n) is 3.23. The second-order valence-electron chi connectivity index (χ2n) is 6.90. The van der Waals surface area contributed by atoms with E-state index in [1.54, 1.807) is 39.3 Å². The molecule has 0 aliphatic carbocycles. The predicted molar refractivity (Wildman–Crippen MR) is 124 cm³/mol. The van der Waals surface area contributed by atoms with Crippen LogP contribution >= 0.6 is 11.3 Å². The highest BCUT2D eigenvalue weighted by Crippen LogP contribution is 2.33. The number of nitrogens with zero attached hydrogens (tertiary/aromatic N) is 4. The topological polar surface area (TPSA) is 121 Å². The molecular formula is C22H19N5O5S. The quantitative estimate of drug-likeness (QED) is 0.315. The second kappa shape index (κ2) is 9.09. The third-order valence-corrected chi connectivity index (χ3v) is 5.59. The summed E-state index contributed by atoms with van der Waals surface area (Å²) in [6.07, 6.45) is 0. The third-order valence-electron chi connectivity index (χ3n) is 4.77. The van der Waals surface area contributed by atoms with Crippen LogP contribution in [0.3, 0.4) is 0 Å². The van der Waals surface area contributed by atoms with Crippen LogP contribution < -0.4 is 14.8 Å². The van der Waals surface area contributed by atoms with Crippen molar-refractivity contribution in [2.45, 2.75) is 6.92 Å². The fraction of sp³-hybridized carbons (Fsp3) is 0.136. The van der Waals surface area contributed by atoms with E-state index in [1.807, 2.05) is 17.5 Å². The summed E-state index contributed by atoms with van der Waals surface area (Å²) < 4.78 is 12.1. The summed E-state index contributed by atoms with van der Waals surface area (Å²) in [5.41, 5.74) is 1.85. The highest BCUT2D eigenvalue weighted by molar-refractivity contribution is 7.12. The lowest BCUT2D eigenvalue weighted by Gasteiger charge is -2.08. The molecule has 0 radical (unpaired) electrons. The molecule has 0 saturated carbocycles. The fourth-order valence-corrected chi connectivity index (χ4v) is 4.03. The van der Waals surface area contributed by atoms with Crippen molar-refractivity contribution in [3.8, 4) is 27.9 Å². The molecule has 10 nitrogen and oxygen atoms in total. The summed E-state index contributed by atoms with van der Waals surface area (Å²) in [6, 6.07) is 12.9. The third kappa shape index (κ3) is 4.39. The Bertz CT molecular complexity index is 1350. The highest BCUT2D eigenvalue weighted by Gasteiger charge is 2.22. The largest absolute Gasteiger partial charge is 0.493 e. The molecule has 0 atom stereocenters. The zero-order valence-electron chi connectivity index (χ0n) is 17.9. The number of thiazole rings is 1. The van der Waals surface area contributed by atoms with E-state index < -0.39 is 10.8 Å². The van der Waals surface area contributed by atoms with E-state index in [9.17, 15) is 14.9 Å². The standard InChI is InChI=1S/C22H19N5O5S/c1-13-10-20(24-21(28)15-6-4-5-7-17(15)27(29)30)26(25-13)22-23-16(12-33-22)14-8-9-18(31-2)19(11-14)32-3/h4-12H,1-3H3,(H,24,28). The molecule has 0 fully saturated rings. The SMILES string of the molecule is COc1ccc(-c2csc(-n3nc(C)cc3NC(=O)c3ccccc3[N+](=O)[O-])n2)cc1OC. The molecule has 33 heavy (non-hydrogen) atoms. The average Bonchev–Trinajstić information content (AvgIpc) is 3.45. The molecule has 2 heterocycles. The first-order valence-electron chi connectivity index (χ1n) is 9.71. The lowest BCUT2D eigenvalue weighted by atomic mass is 10.1. The number of nitro benzene ring substituents is 1. The molecule has 0 aliphatic rings. The van der Waals surface area contributed by atoms with Crippen LogP contribution in [0.1, 0.15) is 16.1 Å². The summed E-state index contributed by atoms with van der Waals surface area (Å²) in [5.74, 6) is 0.931. The van der Waals surface area contributed by atoms with Crippen molar-refractivity contribution < 1.29 is 19.2 Å². The smallest absolute Gasteiger partial charge is 0.282 e. The number of nitrogens with one attached hydrogen (secondary N) is 1. The molecule has 1 N–H and O–H groups in total. The van der Waals surface area contributed by atoms with Gasteiger partial charge >= 0.3 is 0 Å². The Morgan fingerprint density at radius 2 is 1.88 bits per heavy atom. The predicted octanol–water partition coefficient (Wildman–Crippen LogP) is 4.48. The molecule has 0 saturated heterocycles. The Morgan fingerprint density at radius 3 is 2.61 bits per heavy atom. The van der Waals surface area contributed by atoms with E-state index in [0.29, 0.717) is 33.8 Å². The first-order valence-corrected chi connectivity index (χ1v) is 10.6. The van der Waals surface area contributed by atoms with Gasteiger partial charge in [-0.3, -0.25) is 14.9 Å². The van der Waals surface area contributed by atoms with Gasteiger partial charge in [0.25, 0.3) is 11.6 Å². The Hall–Kier alpha value is -4.25. The van der Waals surface area contributed by atoms with E-state index in [2.05, 4.69) is 15.4 Å². The van der Waals surface area contributed by atoms with Crippen LogP contribution in [0.2, 0.25) is 0 Å². The van der Waals surface area contributed by atoms with E-state index >= 15 is 0 Å². The molecule has 168 valence electrons. The zero-order valence-corrected chi connectivity index (χ0v) is 18.8. The van der Waals surface area contributed by atoms with Crippen LogP contribution in [0, 0.1) is 17.0 Å². The number of ether oxygens (including phenoxy) is 2. The van der Waals surface area contributed by atoms with E-state index in [4.69, 9.17) is 9.47 Å². The van der Waals surface area contributed by atoms with Crippen LogP contribution in [-0.4, -0.2) is 39.8 Å². The van der Waals surface area contributed by atoms with Gasteiger partial charge in [-0.15, -0.1) is 11.3 Å². The minimum absolute atomic E-state index is 0.0435. The van der Waals surface area contributed by atoms with Gasteiger partial charge in [0.2, 0.25) is 5.13 Å². The molecule has 0 bridgehead atoms. The van der Waals surface area contributed by atoms with E-state index in [0.717, 1.165) is 5.56 Å². The van der Waals surface area contributed by atoms with Crippen molar-refractivity contribution in [2.75, 3.05) is 19.5 Å². The van der Waals surface area contributed by atoms with Gasteiger partial charge in [-0.1, -0.05) is 12.1 Å². The number of aryl methyl sites for hydroxylation is 1. The molecule has 1 amide bonds. The first kappa shape index (κ1) is 22.0. The number of hydrogen-bond acceptors (Lipinski definition) is 8. The number of rotatable bonds is 7. The van der Waals surface area contributed by atoms with Gasteiger partial charge in [-0.2, -0.15) is 9.78 Å². The molecule has 0 aliphatic heterocycles. The van der Waals surface area contributed by atoms with E-state index in [1.165, 1.54) is 34.2 Å². The number of aromatic nitrogens is 3. The monoisotopic (exact) mass is 465 g/mol. The molecule has 2 aromatic carbocycles. The number of hydrogen-bond donors (Lipinski definition) is 1. The van der Waals surface area contributed by atoms with Crippen molar-refractivity contribution in [3.63, 3.8) is 0 Å². The van der Waals surface area contributed by atoms with Crippen LogP contribution in [-0.2, 0) is 0 Å². The lowest BCUT2D eigenvalue weighted by Crippen LogP contribution is -2.16. The number of benzene rings is 2. The molecule has 2 aromatic heterocycles. The van der Waals surface area contributed by atoms with Crippen molar-refractivity contribution in [1.29, 1.82) is 0 Å². The normalized spacial score (nSPS) is 10.6. The summed E-state index contributed by atoms with van der Waals surface area (Å²) in [7, 11) is 3.13. The molecule has 0 unspecified atom stereocenters. The number of para-hydroxylation sites is 1. The van der Waals surface area contributed by atoms with E-state index in [-0.39, 0.29) is 11.3 Å². The molecule has 11 heteroatoms. The maximum Gasteiger partial charge on any atom is 0.282 e. The minimum Gasteiger partial charge on any atom is -0.493 e. The summed E-state index contributed by atoms with van der Waals surface area (Å²) in [5, 5.41) is 20.8. The number of methoxy groups -OCH3 is 2. The molecular weight excluding hydrogens is 446 g/mol. The maximum absolute atomic E-state index is 12.8. The Balaban J connectivity index is 1.65. The van der Waals surface area contributed by atoms with Crippen LogP contribution in [0.15, 0.2) is 53.9 Å². The van der Waals surface area contributed by atoms with Gasteiger partial charge in [0.05, 0.1) is 30.5 Å². The number of carbonyl (C=O) groups excluding carboxylic acids is 1. The summed E-state index contributed by atoms with van der Waals surface area (Å²) in [6.45, 7) is 1.78. The van der Waals surface area contributed by atoms with Crippen LogP contribution in [0.5, 0.6) is 11.5 Å². The van der Waals surface area contributed by atoms with Gasteiger partial charge < -0.3 is 14.8 Å². The van der Waals surface area contributed by atoms with Crippen LogP contribution in [0.4, 0.5) is 11.5 Å². The summed E-state index contributed by atoms with van der Waals surface area (Å²) >= 11 is 1.34. The van der Waals surface area contributed by atoms with Gasteiger partial charge in [0.15, 0.2) is 11.5 Å². The zero-order chi connectivity index (χ0) is 23.5.